The van der Waals surface area contributed by atoms with Crippen molar-refractivity contribution in [3.63, 3.8) is 0 Å². The fraction of sp³-hybridized carbons (Fsp3) is 0.375. The van der Waals surface area contributed by atoms with Crippen LogP contribution < -0.4 is 5.32 Å². The van der Waals surface area contributed by atoms with Gasteiger partial charge in [-0.3, -0.25) is 9.48 Å². The minimum Gasteiger partial charge on any atom is -0.356 e. The second kappa shape index (κ2) is 3.22. The van der Waals surface area contributed by atoms with Crippen LogP contribution >= 0.6 is 0 Å². The number of ether oxygens (including phenoxy) is 1. The molecule has 1 aromatic rings. The van der Waals surface area contributed by atoms with E-state index in [9.17, 15) is 4.79 Å². The molecule has 2 rings (SSSR count). The molecule has 0 aromatic carbocycles. The molecule has 1 aromatic heterocycles. The zero-order valence-corrected chi connectivity index (χ0v) is 7.73. The van der Waals surface area contributed by atoms with E-state index >= 15 is 0 Å². The van der Waals surface area contributed by atoms with E-state index in [1.165, 1.54) is 4.68 Å². The fourth-order valence-corrected chi connectivity index (χ4v) is 1.24. The Kier molecular flexibility index (Phi) is 2.05. The van der Waals surface area contributed by atoms with Crippen molar-refractivity contribution < 1.29 is 9.53 Å². The summed E-state index contributed by atoms with van der Waals surface area (Å²) in [5, 5.41) is 10.1. The van der Waals surface area contributed by atoms with E-state index in [-0.39, 0.29) is 5.91 Å². The molecule has 1 unspecified atom stereocenters. The molecule has 14 heavy (non-hydrogen) atoms. The highest BCUT2D eigenvalue weighted by Gasteiger charge is 2.28. The molecule has 0 aliphatic carbocycles. The summed E-state index contributed by atoms with van der Waals surface area (Å²) in [4.78, 5) is 11.4. The summed E-state index contributed by atoms with van der Waals surface area (Å²) in [5.74, 6) is -0.248. The topological polar surface area (TPSA) is 69.0 Å². The summed E-state index contributed by atoms with van der Waals surface area (Å²) in [6.07, 6.45) is 0.979. The molecular weight excluding hydrogens is 184 g/mol. The van der Waals surface area contributed by atoms with Gasteiger partial charge in [0.2, 0.25) is 0 Å². The van der Waals surface area contributed by atoms with Crippen LogP contribution in [0.3, 0.4) is 0 Å². The average Bonchev–Trinajstić information content (AvgIpc) is 2.51. The molecule has 0 radical (unpaired) electrons. The van der Waals surface area contributed by atoms with Gasteiger partial charge in [0.25, 0.3) is 5.91 Å². The highest BCUT2D eigenvalue weighted by atomic mass is 16.5. The van der Waals surface area contributed by atoms with Gasteiger partial charge in [0, 0.05) is 12.7 Å². The highest BCUT2D eigenvalue weighted by molar-refractivity contribution is 5.83. The molecule has 1 N–H and O–H groups in total. The summed E-state index contributed by atoms with van der Waals surface area (Å²) in [7, 11) is 1.73. The van der Waals surface area contributed by atoms with Gasteiger partial charge >= 0.3 is 0 Å². The van der Waals surface area contributed by atoms with Gasteiger partial charge < -0.3 is 10.1 Å². The Hall–Kier alpha value is -1.69. The monoisotopic (exact) mass is 194 g/mol. The molecule has 74 valence electrons. The molecule has 0 saturated carbocycles. The van der Waals surface area contributed by atoms with Crippen LogP contribution in [0.2, 0.25) is 0 Å². The second-order valence-electron chi connectivity index (χ2n) is 3.10. The Labute approximate surface area is 80.5 Å². The Balaban J connectivity index is 2.19. The fourth-order valence-electron chi connectivity index (χ4n) is 1.24. The lowest BCUT2D eigenvalue weighted by Crippen LogP contribution is -2.37. The number of aryl methyl sites for hydroxylation is 1. The quantitative estimate of drug-likeness (QED) is 0.655. The third-order valence-corrected chi connectivity index (χ3v) is 1.85. The maximum absolute atomic E-state index is 11.4. The van der Waals surface area contributed by atoms with Gasteiger partial charge in [-0.2, -0.15) is 0 Å². The van der Waals surface area contributed by atoms with Gasteiger partial charge in [0.15, 0.2) is 6.10 Å². The Morgan fingerprint density at radius 2 is 2.57 bits per heavy atom. The molecule has 1 amide bonds. The zero-order valence-electron chi connectivity index (χ0n) is 7.73. The minimum absolute atomic E-state index is 0.248. The van der Waals surface area contributed by atoms with Crippen LogP contribution in [0.25, 0.3) is 0 Å². The first-order valence-electron chi connectivity index (χ1n) is 4.13. The maximum Gasteiger partial charge on any atom is 0.259 e. The summed E-state index contributed by atoms with van der Waals surface area (Å²) >= 11 is 0. The van der Waals surface area contributed by atoms with E-state index in [4.69, 9.17) is 4.74 Å². The maximum atomic E-state index is 11.4. The number of nitrogens with zero attached hydrogens (tertiary/aromatic N) is 3. The molecule has 1 fully saturated rings. The van der Waals surface area contributed by atoms with Gasteiger partial charge in [-0.1, -0.05) is 11.8 Å². The third kappa shape index (κ3) is 1.51. The van der Waals surface area contributed by atoms with Gasteiger partial charge in [-0.25, -0.2) is 0 Å². The van der Waals surface area contributed by atoms with Crippen molar-refractivity contribution in [2.75, 3.05) is 6.61 Å². The molecule has 1 saturated heterocycles. The van der Waals surface area contributed by atoms with Crippen LogP contribution in [0.4, 0.5) is 0 Å². The van der Waals surface area contributed by atoms with Crippen molar-refractivity contribution in [1.82, 2.24) is 20.3 Å². The van der Waals surface area contributed by atoms with Gasteiger partial charge in [-0.15, -0.1) is 5.10 Å². The van der Waals surface area contributed by atoms with Gasteiger partial charge in [0.1, 0.15) is 5.69 Å². The number of nitrogens with one attached hydrogen (secondary N) is 1. The molecule has 1 atom stereocenters. The summed E-state index contributed by atoms with van der Waals surface area (Å²) in [6.45, 7) is 3.91. The first-order valence-corrected chi connectivity index (χ1v) is 4.13. The number of carbonyl (C=O) groups is 1. The Bertz CT molecular complexity index is 384. The van der Waals surface area contributed by atoms with Crippen LogP contribution in [0.15, 0.2) is 18.5 Å². The Morgan fingerprint density at radius 3 is 3.14 bits per heavy atom. The smallest absolute Gasteiger partial charge is 0.259 e. The van der Waals surface area contributed by atoms with Crippen LogP contribution in [0, 0.1) is 0 Å². The van der Waals surface area contributed by atoms with Crippen molar-refractivity contribution in [2.24, 2.45) is 7.05 Å². The number of carbonyl (C=O) groups excluding carboxylic acids is 1. The first-order chi connectivity index (χ1) is 6.66. The molecule has 6 heteroatoms. The van der Waals surface area contributed by atoms with Crippen molar-refractivity contribution in [3.05, 3.63) is 24.2 Å². The standard InChI is InChI=1S/C8H10N4O2/c1-5-4-14-7(8(13)9-5)6-3-12(2)11-10-6/h3,7H,1,4H2,2H3,(H,9,13). The van der Waals surface area contributed by atoms with E-state index in [1.54, 1.807) is 13.2 Å². The van der Waals surface area contributed by atoms with Crippen molar-refractivity contribution in [2.45, 2.75) is 6.10 Å². The normalized spacial score (nSPS) is 22.2. The van der Waals surface area contributed by atoms with Gasteiger partial charge in [0.05, 0.1) is 12.8 Å². The van der Waals surface area contributed by atoms with Crippen molar-refractivity contribution >= 4 is 5.91 Å². The lowest BCUT2D eigenvalue weighted by molar-refractivity contribution is -0.135. The summed E-state index contributed by atoms with van der Waals surface area (Å²) in [5.41, 5.74) is 1.08. The van der Waals surface area contributed by atoms with Crippen LogP contribution in [-0.4, -0.2) is 27.5 Å². The minimum atomic E-state index is -0.672. The molecule has 0 spiro atoms. The number of hydrogen-bond donors (Lipinski definition) is 1. The van der Waals surface area contributed by atoms with E-state index in [0.717, 1.165) is 0 Å². The average molecular weight is 194 g/mol. The van der Waals surface area contributed by atoms with E-state index < -0.39 is 6.10 Å². The molecular formula is C8H10N4O2. The third-order valence-electron chi connectivity index (χ3n) is 1.85. The number of morpholine rings is 1. The molecule has 1 aliphatic heterocycles. The molecule has 6 nitrogen and oxygen atoms in total. The molecule has 0 bridgehead atoms. The number of rotatable bonds is 1. The number of hydrogen-bond acceptors (Lipinski definition) is 4. The highest BCUT2D eigenvalue weighted by Crippen LogP contribution is 2.18. The van der Waals surface area contributed by atoms with Crippen molar-refractivity contribution in [3.8, 4) is 0 Å². The zero-order chi connectivity index (χ0) is 10.1. The van der Waals surface area contributed by atoms with Crippen molar-refractivity contribution in [1.29, 1.82) is 0 Å². The largest absolute Gasteiger partial charge is 0.356 e. The SMILES string of the molecule is C=C1COC(c2cn(C)nn2)C(=O)N1. The number of amides is 1. The predicted molar refractivity (Wildman–Crippen MR) is 47.0 cm³/mol. The van der Waals surface area contributed by atoms with Gasteiger partial charge in [-0.05, 0) is 0 Å². The lowest BCUT2D eigenvalue weighted by Gasteiger charge is -2.22. The summed E-state index contributed by atoms with van der Waals surface area (Å²) in [6, 6.07) is 0. The second-order valence-corrected chi connectivity index (χ2v) is 3.10. The predicted octanol–water partition coefficient (Wildman–Crippen LogP) is -0.484. The van der Waals surface area contributed by atoms with E-state index in [1.807, 2.05) is 0 Å². The lowest BCUT2D eigenvalue weighted by atomic mass is 10.2. The van der Waals surface area contributed by atoms with Crippen LogP contribution in [0.5, 0.6) is 0 Å². The first kappa shape index (κ1) is 8.89. The molecule has 2 heterocycles. The summed E-state index contributed by atoms with van der Waals surface area (Å²) < 4.78 is 6.80. The van der Waals surface area contributed by atoms with E-state index in [2.05, 4.69) is 22.2 Å². The Morgan fingerprint density at radius 1 is 1.79 bits per heavy atom. The van der Waals surface area contributed by atoms with Crippen LogP contribution in [0.1, 0.15) is 11.8 Å². The van der Waals surface area contributed by atoms with E-state index in [0.29, 0.717) is 18.0 Å². The number of aromatic nitrogens is 3. The van der Waals surface area contributed by atoms with Crippen LogP contribution in [-0.2, 0) is 16.6 Å². The molecule has 1 aliphatic rings.